The van der Waals surface area contributed by atoms with Gasteiger partial charge in [0.15, 0.2) is 0 Å². The van der Waals surface area contributed by atoms with Gasteiger partial charge in [0, 0.05) is 37.5 Å². The van der Waals surface area contributed by atoms with E-state index in [-0.39, 0.29) is 29.8 Å². The van der Waals surface area contributed by atoms with Crippen molar-refractivity contribution in [3.63, 3.8) is 0 Å². The zero-order valence-corrected chi connectivity index (χ0v) is 12.7. The average Bonchev–Trinajstić information content (AvgIpc) is 3.22. The molecule has 0 radical (unpaired) electrons. The van der Waals surface area contributed by atoms with Crippen LogP contribution in [0.3, 0.4) is 0 Å². The first-order chi connectivity index (χ1) is 9.49. The van der Waals surface area contributed by atoms with Crippen LogP contribution in [0, 0.1) is 11.8 Å². The van der Waals surface area contributed by atoms with Crippen LogP contribution in [-0.4, -0.2) is 49.1 Å². The van der Waals surface area contributed by atoms with Crippen LogP contribution >= 0.6 is 0 Å². The number of carbonyl (C=O) groups is 2. The van der Waals surface area contributed by atoms with Gasteiger partial charge < -0.3 is 10.1 Å². The molecule has 114 valence electrons. The van der Waals surface area contributed by atoms with Crippen molar-refractivity contribution in [2.24, 2.45) is 11.8 Å². The Morgan fingerprint density at radius 2 is 2.00 bits per heavy atom. The van der Waals surface area contributed by atoms with Gasteiger partial charge in [-0.2, -0.15) is 0 Å². The van der Waals surface area contributed by atoms with Crippen LogP contribution in [0.1, 0.15) is 39.5 Å². The van der Waals surface area contributed by atoms with E-state index < -0.39 is 0 Å². The molecule has 1 aliphatic heterocycles. The Bertz CT molecular complexity index is 366. The summed E-state index contributed by atoms with van der Waals surface area (Å²) in [6, 6.07) is 0.822. The molecule has 0 bridgehead atoms. The first-order valence-corrected chi connectivity index (χ1v) is 7.60. The molecule has 20 heavy (non-hydrogen) atoms. The first kappa shape index (κ1) is 15.3. The van der Waals surface area contributed by atoms with Crippen LogP contribution < -0.4 is 5.32 Å². The summed E-state index contributed by atoms with van der Waals surface area (Å²) in [5.41, 5.74) is 0. The molecule has 2 fully saturated rings. The Balaban J connectivity index is 1.93. The zero-order valence-electron chi connectivity index (χ0n) is 12.7. The summed E-state index contributed by atoms with van der Waals surface area (Å²) in [7, 11) is 1.43. The van der Waals surface area contributed by atoms with Gasteiger partial charge in [0.1, 0.15) is 0 Å². The Morgan fingerprint density at radius 3 is 2.55 bits per heavy atom. The molecule has 0 aromatic rings. The maximum absolute atomic E-state index is 11.9. The zero-order chi connectivity index (χ0) is 14.7. The van der Waals surface area contributed by atoms with Gasteiger partial charge in [-0.15, -0.1) is 0 Å². The van der Waals surface area contributed by atoms with E-state index in [1.807, 2.05) is 13.8 Å². The number of methoxy groups -OCH3 is 1. The van der Waals surface area contributed by atoms with Crippen LogP contribution in [0.15, 0.2) is 0 Å². The number of likely N-dealkylation sites (tertiary alicyclic amines) is 1. The molecule has 2 atom stereocenters. The van der Waals surface area contributed by atoms with Crippen molar-refractivity contribution in [1.29, 1.82) is 0 Å². The standard InChI is InChI=1S/C15H26N2O3/c1-10(2)15(19)16-12-6-11(7-14(18)20-3)8-17(9-12)13-4-5-13/h10-13H,4-9H2,1-3H3,(H,16,19). The monoisotopic (exact) mass is 282 g/mol. The van der Waals surface area contributed by atoms with Crippen molar-refractivity contribution in [3.8, 4) is 0 Å². The number of rotatable bonds is 5. The maximum Gasteiger partial charge on any atom is 0.305 e. The summed E-state index contributed by atoms with van der Waals surface area (Å²) in [6.45, 7) is 5.68. The Morgan fingerprint density at radius 1 is 1.30 bits per heavy atom. The summed E-state index contributed by atoms with van der Waals surface area (Å²) >= 11 is 0. The second-order valence-electron chi connectivity index (χ2n) is 6.43. The van der Waals surface area contributed by atoms with Gasteiger partial charge in [-0.25, -0.2) is 0 Å². The normalized spacial score (nSPS) is 27.4. The van der Waals surface area contributed by atoms with Crippen LogP contribution in [0.4, 0.5) is 0 Å². The van der Waals surface area contributed by atoms with Gasteiger partial charge in [-0.1, -0.05) is 13.8 Å². The predicted molar refractivity (Wildman–Crippen MR) is 76.1 cm³/mol. The largest absolute Gasteiger partial charge is 0.469 e. The van der Waals surface area contributed by atoms with E-state index in [0.29, 0.717) is 12.5 Å². The Kier molecular flexibility index (Phi) is 5.02. The van der Waals surface area contributed by atoms with Gasteiger partial charge in [0.25, 0.3) is 0 Å². The van der Waals surface area contributed by atoms with Gasteiger partial charge in [0.2, 0.25) is 5.91 Å². The van der Waals surface area contributed by atoms with E-state index >= 15 is 0 Å². The lowest BCUT2D eigenvalue weighted by molar-refractivity contribution is -0.142. The number of piperidine rings is 1. The molecule has 1 N–H and O–H groups in total. The quantitative estimate of drug-likeness (QED) is 0.769. The third-order valence-corrected chi connectivity index (χ3v) is 4.18. The highest BCUT2D eigenvalue weighted by Gasteiger charge is 2.37. The molecule has 0 spiro atoms. The fourth-order valence-electron chi connectivity index (χ4n) is 2.92. The Labute approximate surface area is 121 Å². The molecule has 1 heterocycles. The van der Waals surface area contributed by atoms with Crippen molar-refractivity contribution in [1.82, 2.24) is 10.2 Å². The van der Waals surface area contributed by atoms with Crippen LogP contribution in [0.25, 0.3) is 0 Å². The minimum Gasteiger partial charge on any atom is -0.469 e. The summed E-state index contributed by atoms with van der Waals surface area (Å²) in [5, 5.41) is 3.12. The summed E-state index contributed by atoms with van der Waals surface area (Å²) in [5.74, 6) is 0.241. The topological polar surface area (TPSA) is 58.6 Å². The van der Waals surface area contributed by atoms with E-state index in [4.69, 9.17) is 4.74 Å². The number of amides is 1. The Hall–Kier alpha value is -1.10. The molecule has 2 unspecified atom stereocenters. The van der Waals surface area contributed by atoms with E-state index in [1.165, 1.54) is 20.0 Å². The van der Waals surface area contributed by atoms with Crippen LogP contribution in [0.5, 0.6) is 0 Å². The van der Waals surface area contributed by atoms with E-state index in [2.05, 4.69) is 10.2 Å². The summed E-state index contributed by atoms with van der Waals surface area (Å²) in [6.07, 6.45) is 3.82. The van der Waals surface area contributed by atoms with Gasteiger partial charge in [-0.3, -0.25) is 14.5 Å². The van der Waals surface area contributed by atoms with Crippen molar-refractivity contribution in [2.75, 3.05) is 20.2 Å². The molecule has 5 heteroatoms. The maximum atomic E-state index is 11.9. The van der Waals surface area contributed by atoms with Gasteiger partial charge in [0.05, 0.1) is 7.11 Å². The van der Waals surface area contributed by atoms with Crippen LogP contribution in [0.2, 0.25) is 0 Å². The lowest BCUT2D eigenvalue weighted by Gasteiger charge is -2.38. The minimum absolute atomic E-state index is 0.00496. The fourth-order valence-corrected chi connectivity index (χ4v) is 2.92. The summed E-state index contributed by atoms with van der Waals surface area (Å²) in [4.78, 5) is 25.8. The number of nitrogens with one attached hydrogen (secondary N) is 1. The summed E-state index contributed by atoms with van der Waals surface area (Å²) < 4.78 is 4.77. The smallest absolute Gasteiger partial charge is 0.305 e. The molecule has 0 aromatic carbocycles. The lowest BCUT2D eigenvalue weighted by Crippen LogP contribution is -2.52. The highest BCUT2D eigenvalue weighted by molar-refractivity contribution is 5.78. The van der Waals surface area contributed by atoms with Gasteiger partial charge in [-0.05, 0) is 25.2 Å². The molecule has 0 aromatic heterocycles. The second kappa shape index (κ2) is 6.57. The number of hydrogen-bond acceptors (Lipinski definition) is 4. The fraction of sp³-hybridized carbons (Fsp3) is 0.867. The number of nitrogens with zero attached hydrogens (tertiary/aromatic N) is 1. The first-order valence-electron chi connectivity index (χ1n) is 7.60. The molecule has 1 saturated heterocycles. The molecule has 1 aliphatic carbocycles. The number of carbonyl (C=O) groups excluding carboxylic acids is 2. The third kappa shape index (κ3) is 4.20. The van der Waals surface area contributed by atoms with E-state index in [0.717, 1.165) is 19.5 Å². The molecule has 2 aliphatic rings. The molecule has 1 saturated carbocycles. The van der Waals surface area contributed by atoms with Crippen molar-refractivity contribution >= 4 is 11.9 Å². The van der Waals surface area contributed by atoms with Crippen molar-refractivity contribution < 1.29 is 14.3 Å². The predicted octanol–water partition coefficient (Wildman–Crippen LogP) is 1.17. The highest BCUT2D eigenvalue weighted by Crippen LogP contribution is 2.32. The van der Waals surface area contributed by atoms with Crippen molar-refractivity contribution in [2.45, 2.75) is 51.6 Å². The number of hydrogen-bond donors (Lipinski definition) is 1. The molecule has 2 rings (SSSR count). The lowest BCUT2D eigenvalue weighted by atomic mass is 9.91. The van der Waals surface area contributed by atoms with Crippen molar-refractivity contribution in [3.05, 3.63) is 0 Å². The van der Waals surface area contributed by atoms with E-state index in [1.54, 1.807) is 0 Å². The molecular weight excluding hydrogens is 256 g/mol. The van der Waals surface area contributed by atoms with Gasteiger partial charge >= 0.3 is 5.97 Å². The van der Waals surface area contributed by atoms with Crippen LogP contribution in [-0.2, 0) is 14.3 Å². The third-order valence-electron chi connectivity index (χ3n) is 4.18. The highest BCUT2D eigenvalue weighted by atomic mass is 16.5. The number of esters is 1. The molecular formula is C15H26N2O3. The van der Waals surface area contributed by atoms with E-state index in [9.17, 15) is 9.59 Å². The minimum atomic E-state index is -0.151. The SMILES string of the molecule is COC(=O)CC1CC(NC(=O)C(C)C)CN(C2CC2)C1. The second-order valence-corrected chi connectivity index (χ2v) is 6.43. The molecule has 5 nitrogen and oxygen atoms in total. The number of ether oxygens (including phenoxy) is 1. The molecule has 1 amide bonds. The average molecular weight is 282 g/mol.